The average molecular weight is 467 g/mol. The SMILES string of the molecule is Cc1ccccc1COc1ccc([C@H]2CC(=O)Nc3c2cnn3-c2nc3ccccc3s2)cc1. The molecular weight excluding hydrogens is 444 g/mol. The third-order valence-electron chi connectivity index (χ3n) is 6.22. The summed E-state index contributed by atoms with van der Waals surface area (Å²) in [4.78, 5) is 17.3. The molecule has 3 aromatic carbocycles. The van der Waals surface area contributed by atoms with E-state index in [1.165, 1.54) is 11.1 Å². The highest BCUT2D eigenvalue weighted by Crippen LogP contribution is 2.39. The number of aromatic nitrogens is 3. The third-order valence-corrected chi connectivity index (χ3v) is 7.23. The van der Waals surface area contributed by atoms with Gasteiger partial charge in [-0.1, -0.05) is 59.9 Å². The van der Waals surface area contributed by atoms with Crippen LogP contribution < -0.4 is 10.1 Å². The lowest BCUT2D eigenvalue weighted by atomic mass is 9.87. The first-order valence-corrected chi connectivity index (χ1v) is 12.0. The highest BCUT2D eigenvalue weighted by atomic mass is 32.1. The highest BCUT2D eigenvalue weighted by molar-refractivity contribution is 7.20. The first-order valence-electron chi connectivity index (χ1n) is 11.2. The van der Waals surface area contributed by atoms with Gasteiger partial charge in [-0.15, -0.1) is 0 Å². The number of hydrogen-bond donors (Lipinski definition) is 1. The van der Waals surface area contributed by atoms with Crippen molar-refractivity contribution in [3.63, 3.8) is 0 Å². The monoisotopic (exact) mass is 466 g/mol. The van der Waals surface area contributed by atoms with E-state index in [1.54, 1.807) is 16.0 Å². The van der Waals surface area contributed by atoms with Gasteiger partial charge in [0.2, 0.25) is 11.0 Å². The highest BCUT2D eigenvalue weighted by Gasteiger charge is 2.31. The second kappa shape index (κ2) is 8.43. The van der Waals surface area contributed by atoms with Gasteiger partial charge in [0.1, 0.15) is 18.2 Å². The molecule has 0 radical (unpaired) electrons. The van der Waals surface area contributed by atoms with E-state index < -0.39 is 0 Å². The number of ether oxygens (including phenoxy) is 1. The van der Waals surface area contributed by atoms with Crippen molar-refractivity contribution in [3.8, 4) is 10.9 Å². The van der Waals surface area contributed by atoms with Crippen LogP contribution in [0.5, 0.6) is 5.75 Å². The van der Waals surface area contributed by atoms with E-state index in [-0.39, 0.29) is 11.8 Å². The fourth-order valence-electron chi connectivity index (χ4n) is 4.34. The molecular formula is C27H22N4O2S. The quantitative estimate of drug-likeness (QED) is 0.353. The number of nitrogens with zero attached hydrogens (tertiary/aromatic N) is 3. The van der Waals surface area contributed by atoms with Gasteiger partial charge in [-0.25, -0.2) is 4.98 Å². The van der Waals surface area contributed by atoms with Gasteiger partial charge < -0.3 is 10.1 Å². The molecule has 0 saturated carbocycles. The summed E-state index contributed by atoms with van der Waals surface area (Å²) in [5.74, 6) is 1.40. The summed E-state index contributed by atoms with van der Waals surface area (Å²) in [6.45, 7) is 2.61. The largest absolute Gasteiger partial charge is 0.489 e. The Balaban J connectivity index is 1.27. The van der Waals surface area contributed by atoms with E-state index in [0.717, 1.165) is 32.2 Å². The number of anilines is 1. The van der Waals surface area contributed by atoms with Crippen molar-refractivity contribution in [2.45, 2.75) is 25.9 Å². The van der Waals surface area contributed by atoms with Gasteiger partial charge in [-0.05, 0) is 47.9 Å². The Morgan fingerprint density at radius 2 is 1.85 bits per heavy atom. The minimum absolute atomic E-state index is 0.0276. The first-order chi connectivity index (χ1) is 16.7. The minimum Gasteiger partial charge on any atom is -0.489 e. The van der Waals surface area contributed by atoms with Crippen molar-refractivity contribution in [3.05, 3.63) is 101 Å². The molecule has 0 unspecified atom stereocenters. The number of para-hydroxylation sites is 1. The van der Waals surface area contributed by atoms with Gasteiger partial charge >= 0.3 is 0 Å². The molecule has 0 spiro atoms. The van der Waals surface area contributed by atoms with Gasteiger partial charge in [0.05, 0.1) is 16.4 Å². The summed E-state index contributed by atoms with van der Waals surface area (Å²) in [6, 6.07) is 24.2. The lowest BCUT2D eigenvalue weighted by molar-refractivity contribution is -0.116. The van der Waals surface area contributed by atoms with Crippen LogP contribution in [0.4, 0.5) is 5.82 Å². The Labute approximate surface area is 200 Å². The second-order valence-electron chi connectivity index (χ2n) is 8.41. The predicted molar refractivity (Wildman–Crippen MR) is 134 cm³/mol. The molecule has 1 N–H and O–H groups in total. The van der Waals surface area contributed by atoms with Crippen LogP contribution >= 0.6 is 11.3 Å². The number of thiazole rings is 1. The number of carbonyl (C=O) groups excluding carboxylic acids is 1. The summed E-state index contributed by atoms with van der Waals surface area (Å²) in [5.41, 5.74) is 5.36. The van der Waals surface area contributed by atoms with Crippen molar-refractivity contribution in [1.29, 1.82) is 0 Å². The van der Waals surface area contributed by atoms with Gasteiger partial charge in [-0.3, -0.25) is 4.79 Å². The van der Waals surface area contributed by atoms with Crippen LogP contribution in [-0.4, -0.2) is 20.7 Å². The third kappa shape index (κ3) is 3.74. The van der Waals surface area contributed by atoms with Crippen LogP contribution in [0, 0.1) is 6.92 Å². The number of nitrogens with one attached hydrogen (secondary N) is 1. The fraction of sp³-hybridized carbons (Fsp3) is 0.148. The molecule has 34 heavy (non-hydrogen) atoms. The molecule has 1 aliphatic rings. The van der Waals surface area contributed by atoms with E-state index >= 15 is 0 Å². The molecule has 0 bridgehead atoms. The van der Waals surface area contributed by atoms with Gasteiger partial charge in [0, 0.05) is 17.9 Å². The number of carbonyl (C=O) groups is 1. The summed E-state index contributed by atoms with van der Waals surface area (Å²) in [7, 11) is 0. The van der Waals surface area contributed by atoms with Crippen LogP contribution in [-0.2, 0) is 11.4 Å². The van der Waals surface area contributed by atoms with E-state index in [1.807, 2.05) is 66.9 Å². The Morgan fingerprint density at radius 1 is 1.06 bits per heavy atom. The fourth-order valence-corrected chi connectivity index (χ4v) is 5.27. The van der Waals surface area contributed by atoms with Crippen molar-refractivity contribution < 1.29 is 9.53 Å². The Morgan fingerprint density at radius 3 is 2.68 bits per heavy atom. The maximum Gasteiger partial charge on any atom is 0.226 e. The molecule has 1 atom stereocenters. The van der Waals surface area contributed by atoms with Crippen LogP contribution in [0.15, 0.2) is 79.0 Å². The molecule has 0 aliphatic carbocycles. The lowest BCUT2D eigenvalue weighted by Gasteiger charge is -2.23. The van der Waals surface area contributed by atoms with Crippen molar-refractivity contribution >= 4 is 33.3 Å². The number of rotatable bonds is 5. The zero-order valence-electron chi connectivity index (χ0n) is 18.6. The summed E-state index contributed by atoms with van der Waals surface area (Å²) >= 11 is 1.55. The van der Waals surface area contributed by atoms with E-state index in [2.05, 4.69) is 29.5 Å². The van der Waals surface area contributed by atoms with Gasteiger partial charge in [0.25, 0.3) is 0 Å². The van der Waals surface area contributed by atoms with Crippen LogP contribution in [0.3, 0.4) is 0 Å². The van der Waals surface area contributed by atoms with Crippen molar-refractivity contribution in [2.75, 3.05) is 5.32 Å². The zero-order valence-corrected chi connectivity index (χ0v) is 19.4. The summed E-state index contributed by atoms with van der Waals surface area (Å²) < 4.78 is 8.82. The first kappa shape index (κ1) is 20.6. The molecule has 2 aromatic heterocycles. The van der Waals surface area contributed by atoms with E-state index in [4.69, 9.17) is 9.72 Å². The molecule has 1 amide bonds. The molecule has 7 heteroatoms. The smallest absolute Gasteiger partial charge is 0.226 e. The van der Waals surface area contributed by atoms with Crippen LogP contribution in [0.2, 0.25) is 0 Å². The number of aryl methyl sites for hydroxylation is 1. The lowest BCUT2D eigenvalue weighted by Crippen LogP contribution is -2.24. The van der Waals surface area contributed by atoms with Crippen molar-refractivity contribution in [2.24, 2.45) is 0 Å². The second-order valence-corrected chi connectivity index (χ2v) is 9.42. The predicted octanol–water partition coefficient (Wildman–Crippen LogP) is 5.84. The zero-order chi connectivity index (χ0) is 23.1. The van der Waals surface area contributed by atoms with Crippen LogP contribution in [0.25, 0.3) is 15.3 Å². The minimum atomic E-state index is -0.0719. The van der Waals surface area contributed by atoms with E-state index in [9.17, 15) is 4.79 Å². The van der Waals surface area contributed by atoms with Gasteiger partial charge in [0.15, 0.2) is 0 Å². The normalized spacial score (nSPS) is 15.2. The molecule has 6 nitrogen and oxygen atoms in total. The number of benzene rings is 3. The molecule has 3 heterocycles. The molecule has 6 rings (SSSR count). The summed E-state index contributed by atoms with van der Waals surface area (Å²) in [5, 5.41) is 8.34. The molecule has 1 aliphatic heterocycles. The summed E-state index contributed by atoms with van der Waals surface area (Å²) in [6.07, 6.45) is 2.22. The standard InChI is InChI=1S/C27H22N4O2S/c1-17-6-2-3-7-19(17)16-33-20-12-10-18(11-13-20)21-14-25(32)30-26-22(21)15-28-31(26)27-29-23-8-4-5-9-24(23)34-27/h2-13,15,21H,14,16H2,1H3,(H,30,32)/t21-/m1/s1. The number of amides is 1. The Hall–Kier alpha value is -3.97. The molecule has 0 saturated heterocycles. The maximum atomic E-state index is 12.6. The molecule has 0 fully saturated rings. The molecule has 168 valence electrons. The topological polar surface area (TPSA) is 69.0 Å². The van der Waals surface area contributed by atoms with E-state index in [0.29, 0.717) is 18.8 Å². The maximum absolute atomic E-state index is 12.6. The van der Waals surface area contributed by atoms with Gasteiger partial charge in [-0.2, -0.15) is 9.78 Å². The van der Waals surface area contributed by atoms with Crippen molar-refractivity contribution in [1.82, 2.24) is 14.8 Å². The number of fused-ring (bicyclic) bond motifs is 2. The Kier molecular flexibility index (Phi) is 5.11. The molecule has 5 aromatic rings. The van der Waals surface area contributed by atoms with Crippen LogP contribution in [0.1, 0.15) is 34.6 Å². The Bertz CT molecular complexity index is 1470. The average Bonchev–Trinajstić information content (AvgIpc) is 3.47. The number of hydrogen-bond acceptors (Lipinski definition) is 5.